The standard InChI is InChI=1S/C20H22N4O7S/c1-4-10-31-18-9-8-15(11-19(18)30-2)13-21-22-20(25)14-23(32(3,28)29)16-6-5-7-17(12-16)24(26)27/h4-9,11-13H,1,10,14H2,2-3H3,(H,22,25)/b21-13-. The maximum Gasteiger partial charge on any atom is 0.271 e. The second-order valence-electron chi connectivity index (χ2n) is 6.35. The van der Waals surface area contributed by atoms with Crippen molar-refractivity contribution in [2.45, 2.75) is 0 Å². The Morgan fingerprint density at radius 3 is 2.66 bits per heavy atom. The van der Waals surface area contributed by atoms with Crippen LogP contribution in [0.25, 0.3) is 0 Å². The Bertz CT molecular complexity index is 1130. The van der Waals surface area contributed by atoms with Crippen molar-refractivity contribution >= 4 is 33.5 Å². The Morgan fingerprint density at radius 2 is 2.03 bits per heavy atom. The van der Waals surface area contributed by atoms with E-state index in [2.05, 4.69) is 17.1 Å². The molecule has 0 saturated heterocycles. The molecule has 2 aromatic carbocycles. The number of nitro groups is 1. The van der Waals surface area contributed by atoms with Gasteiger partial charge >= 0.3 is 0 Å². The van der Waals surface area contributed by atoms with Gasteiger partial charge in [0.25, 0.3) is 11.6 Å². The van der Waals surface area contributed by atoms with E-state index in [1.54, 1.807) is 24.3 Å². The van der Waals surface area contributed by atoms with Crippen LogP contribution in [0.15, 0.2) is 60.2 Å². The highest BCUT2D eigenvalue weighted by molar-refractivity contribution is 7.92. The fraction of sp³-hybridized carbons (Fsp3) is 0.200. The number of benzene rings is 2. The first kappa shape index (κ1) is 24.3. The number of anilines is 1. The van der Waals surface area contributed by atoms with Gasteiger partial charge < -0.3 is 9.47 Å². The molecule has 0 aromatic heterocycles. The van der Waals surface area contributed by atoms with E-state index in [1.165, 1.54) is 31.5 Å². The van der Waals surface area contributed by atoms with Crippen LogP contribution in [0.3, 0.4) is 0 Å². The van der Waals surface area contributed by atoms with Gasteiger partial charge in [-0.15, -0.1) is 0 Å². The lowest BCUT2D eigenvalue weighted by Gasteiger charge is -2.21. The van der Waals surface area contributed by atoms with Crippen LogP contribution in [0.5, 0.6) is 11.5 Å². The van der Waals surface area contributed by atoms with Crippen LogP contribution in [-0.2, 0) is 14.8 Å². The van der Waals surface area contributed by atoms with E-state index in [0.29, 0.717) is 23.7 Å². The fourth-order valence-electron chi connectivity index (χ4n) is 2.54. The number of nitrogens with zero attached hydrogens (tertiary/aromatic N) is 3. The first-order valence-electron chi connectivity index (χ1n) is 9.11. The number of methoxy groups -OCH3 is 1. The molecular formula is C20H22N4O7S. The number of hydrogen-bond acceptors (Lipinski definition) is 8. The van der Waals surface area contributed by atoms with Crippen molar-refractivity contribution in [3.05, 3.63) is 70.8 Å². The van der Waals surface area contributed by atoms with Gasteiger partial charge in [0.2, 0.25) is 10.0 Å². The normalized spacial score (nSPS) is 11.1. The highest BCUT2D eigenvalue weighted by Crippen LogP contribution is 2.27. The SMILES string of the molecule is C=CCOc1ccc(/C=N\NC(=O)CN(c2cccc([N+](=O)[O-])c2)S(C)(=O)=O)cc1OC. The zero-order chi connectivity index (χ0) is 23.7. The number of nitrogens with one attached hydrogen (secondary N) is 1. The van der Waals surface area contributed by atoms with Gasteiger partial charge in [0, 0.05) is 12.1 Å². The molecular weight excluding hydrogens is 440 g/mol. The number of rotatable bonds is 11. The number of non-ortho nitro benzene ring substituents is 1. The van der Waals surface area contributed by atoms with Crippen molar-refractivity contribution in [2.75, 3.05) is 30.8 Å². The molecule has 170 valence electrons. The summed E-state index contributed by atoms with van der Waals surface area (Å²) in [6.07, 6.45) is 3.83. The largest absolute Gasteiger partial charge is 0.493 e. The molecule has 0 aliphatic carbocycles. The van der Waals surface area contributed by atoms with Crippen molar-refractivity contribution < 1.29 is 27.6 Å². The smallest absolute Gasteiger partial charge is 0.271 e. The highest BCUT2D eigenvalue weighted by atomic mass is 32.2. The summed E-state index contributed by atoms with van der Waals surface area (Å²) in [5.74, 6) is 0.224. The van der Waals surface area contributed by atoms with Crippen LogP contribution in [0, 0.1) is 10.1 Å². The molecule has 0 bridgehead atoms. The van der Waals surface area contributed by atoms with Crippen molar-refractivity contribution in [1.29, 1.82) is 0 Å². The number of nitro benzene ring substituents is 1. The lowest BCUT2D eigenvalue weighted by Crippen LogP contribution is -2.39. The molecule has 1 N–H and O–H groups in total. The summed E-state index contributed by atoms with van der Waals surface area (Å²) >= 11 is 0. The van der Waals surface area contributed by atoms with Gasteiger partial charge in [0.05, 0.1) is 30.2 Å². The van der Waals surface area contributed by atoms with Crippen molar-refractivity contribution in [1.82, 2.24) is 5.43 Å². The summed E-state index contributed by atoms with van der Waals surface area (Å²) in [5.41, 5.74) is 2.51. The highest BCUT2D eigenvalue weighted by Gasteiger charge is 2.22. The first-order chi connectivity index (χ1) is 15.2. The second-order valence-corrected chi connectivity index (χ2v) is 8.26. The van der Waals surface area contributed by atoms with E-state index in [9.17, 15) is 23.3 Å². The van der Waals surface area contributed by atoms with Crippen molar-refractivity contribution in [2.24, 2.45) is 5.10 Å². The fourth-order valence-corrected chi connectivity index (χ4v) is 3.39. The molecule has 2 rings (SSSR count). The van der Waals surface area contributed by atoms with E-state index < -0.39 is 27.4 Å². The summed E-state index contributed by atoms with van der Waals surface area (Å²) in [4.78, 5) is 22.6. The number of carbonyl (C=O) groups is 1. The Morgan fingerprint density at radius 1 is 1.28 bits per heavy atom. The van der Waals surface area contributed by atoms with Gasteiger partial charge in [0.1, 0.15) is 13.2 Å². The molecule has 0 fully saturated rings. The minimum atomic E-state index is -3.89. The molecule has 0 radical (unpaired) electrons. The lowest BCUT2D eigenvalue weighted by atomic mass is 10.2. The van der Waals surface area contributed by atoms with Crippen LogP contribution in [0.2, 0.25) is 0 Å². The Labute approximate surface area is 185 Å². The summed E-state index contributed by atoms with van der Waals surface area (Å²) in [6, 6.07) is 9.96. The number of hydrazone groups is 1. The maximum absolute atomic E-state index is 12.3. The molecule has 0 heterocycles. The molecule has 0 atom stereocenters. The zero-order valence-electron chi connectivity index (χ0n) is 17.4. The molecule has 0 unspecified atom stereocenters. The predicted octanol–water partition coefficient (Wildman–Crippen LogP) is 2.08. The van der Waals surface area contributed by atoms with Crippen LogP contribution in [0.1, 0.15) is 5.56 Å². The predicted molar refractivity (Wildman–Crippen MR) is 120 cm³/mol. The average Bonchev–Trinajstić information content (AvgIpc) is 2.75. The Kier molecular flexibility index (Phi) is 8.30. The molecule has 12 heteroatoms. The second kappa shape index (κ2) is 10.9. The van der Waals surface area contributed by atoms with E-state index in [0.717, 1.165) is 16.6 Å². The van der Waals surface area contributed by atoms with Gasteiger partial charge in [-0.1, -0.05) is 18.7 Å². The molecule has 0 aliphatic heterocycles. The third kappa shape index (κ3) is 6.80. The molecule has 0 spiro atoms. The lowest BCUT2D eigenvalue weighted by molar-refractivity contribution is -0.384. The van der Waals surface area contributed by atoms with Crippen molar-refractivity contribution in [3.63, 3.8) is 0 Å². The topological polar surface area (TPSA) is 140 Å². The molecule has 0 aliphatic rings. The van der Waals surface area contributed by atoms with E-state index in [-0.39, 0.29) is 11.4 Å². The van der Waals surface area contributed by atoms with Gasteiger partial charge in [-0.3, -0.25) is 19.2 Å². The minimum absolute atomic E-state index is 0.0133. The number of amides is 1. The van der Waals surface area contributed by atoms with Gasteiger partial charge in [-0.25, -0.2) is 13.8 Å². The van der Waals surface area contributed by atoms with Gasteiger partial charge in [-0.05, 0) is 29.8 Å². The first-order valence-corrected chi connectivity index (χ1v) is 11.0. The third-order valence-electron chi connectivity index (χ3n) is 3.96. The van der Waals surface area contributed by atoms with E-state index in [1.807, 2.05) is 0 Å². The number of ether oxygens (including phenoxy) is 2. The van der Waals surface area contributed by atoms with Crippen LogP contribution >= 0.6 is 0 Å². The third-order valence-corrected chi connectivity index (χ3v) is 5.10. The Hall–Kier alpha value is -3.93. The van der Waals surface area contributed by atoms with Crippen LogP contribution in [-0.4, -0.2) is 52.0 Å². The molecule has 0 saturated carbocycles. The van der Waals surface area contributed by atoms with Gasteiger partial charge in [0.15, 0.2) is 11.5 Å². The van der Waals surface area contributed by atoms with E-state index in [4.69, 9.17) is 9.47 Å². The number of carbonyl (C=O) groups excluding carboxylic acids is 1. The summed E-state index contributed by atoms with van der Waals surface area (Å²) in [5, 5.41) is 14.8. The van der Waals surface area contributed by atoms with Crippen molar-refractivity contribution in [3.8, 4) is 11.5 Å². The summed E-state index contributed by atoms with van der Waals surface area (Å²) in [7, 11) is -2.41. The maximum atomic E-state index is 12.3. The summed E-state index contributed by atoms with van der Waals surface area (Å²) in [6.45, 7) is 3.27. The van der Waals surface area contributed by atoms with Crippen LogP contribution in [0.4, 0.5) is 11.4 Å². The van der Waals surface area contributed by atoms with Gasteiger partial charge in [-0.2, -0.15) is 5.10 Å². The number of hydrogen-bond donors (Lipinski definition) is 1. The molecule has 2 aromatic rings. The molecule has 11 nitrogen and oxygen atoms in total. The zero-order valence-corrected chi connectivity index (χ0v) is 18.2. The number of sulfonamides is 1. The average molecular weight is 462 g/mol. The quantitative estimate of drug-likeness (QED) is 0.233. The minimum Gasteiger partial charge on any atom is -0.493 e. The molecule has 32 heavy (non-hydrogen) atoms. The van der Waals surface area contributed by atoms with Crippen LogP contribution < -0.4 is 19.2 Å². The molecule has 1 amide bonds. The monoisotopic (exact) mass is 462 g/mol. The summed E-state index contributed by atoms with van der Waals surface area (Å²) < 4.78 is 35.7. The van der Waals surface area contributed by atoms with E-state index >= 15 is 0 Å². The Balaban J connectivity index is 2.11.